The Balaban J connectivity index is 2.89. The highest BCUT2D eigenvalue weighted by Gasteiger charge is 2.12. The summed E-state index contributed by atoms with van der Waals surface area (Å²) in [6.07, 6.45) is 0.592. The standard InChI is InChI=1S/C9H13F2N3O/c1-2-5(4-15)13-9-7(11)3-6(10)8(12)14-9/h3,5,15H,2,4H2,1H3,(H3,12,13,14). The SMILES string of the molecule is CCC(CO)Nc1nc(N)c(F)cc1F. The Kier molecular flexibility index (Phi) is 3.79. The van der Waals surface area contributed by atoms with E-state index in [2.05, 4.69) is 10.3 Å². The van der Waals surface area contributed by atoms with Gasteiger partial charge in [0.1, 0.15) is 0 Å². The number of hydrogen-bond acceptors (Lipinski definition) is 4. The first-order valence-corrected chi connectivity index (χ1v) is 4.57. The van der Waals surface area contributed by atoms with Gasteiger partial charge in [0, 0.05) is 6.07 Å². The van der Waals surface area contributed by atoms with Crippen molar-refractivity contribution in [2.45, 2.75) is 19.4 Å². The fraction of sp³-hybridized carbons (Fsp3) is 0.444. The van der Waals surface area contributed by atoms with Gasteiger partial charge in [0.05, 0.1) is 12.6 Å². The van der Waals surface area contributed by atoms with Crippen LogP contribution in [-0.2, 0) is 0 Å². The molecule has 0 radical (unpaired) electrons. The molecule has 0 spiro atoms. The fourth-order valence-corrected chi connectivity index (χ4v) is 1.05. The van der Waals surface area contributed by atoms with E-state index in [1.54, 1.807) is 0 Å². The van der Waals surface area contributed by atoms with E-state index in [0.29, 0.717) is 12.5 Å². The molecule has 1 rings (SSSR count). The number of pyridine rings is 1. The van der Waals surface area contributed by atoms with Gasteiger partial charge in [-0.25, -0.2) is 13.8 Å². The van der Waals surface area contributed by atoms with Gasteiger partial charge in [0.2, 0.25) is 0 Å². The fourth-order valence-electron chi connectivity index (χ4n) is 1.05. The van der Waals surface area contributed by atoms with Crippen molar-refractivity contribution >= 4 is 11.6 Å². The van der Waals surface area contributed by atoms with Gasteiger partial charge in [-0.15, -0.1) is 0 Å². The normalized spacial score (nSPS) is 12.5. The number of aliphatic hydroxyl groups is 1. The van der Waals surface area contributed by atoms with E-state index in [9.17, 15) is 8.78 Å². The number of anilines is 2. The molecule has 0 saturated heterocycles. The maximum atomic E-state index is 13.2. The number of rotatable bonds is 4. The predicted molar refractivity (Wildman–Crippen MR) is 53.4 cm³/mol. The largest absolute Gasteiger partial charge is 0.394 e. The molecule has 1 aromatic heterocycles. The van der Waals surface area contributed by atoms with Crippen LogP contribution >= 0.6 is 0 Å². The number of nitrogens with zero attached hydrogens (tertiary/aromatic N) is 1. The molecule has 4 N–H and O–H groups in total. The third-order valence-corrected chi connectivity index (χ3v) is 2.01. The van der Waals surface area contributed by atoms with Crippen molar-refractivity contribution in [3.63, 3.8) is 0 Å². The molecule has 0 aliphatic carbocycles. The summed E-state index contributed by atoms with van der Waals surface area (Å²) in [7, 11) is 0. The number of hydrogen-bond donors (Lipinski definition) is 3. The highest BCUT2D eigenvalue weighted by molar-refractivity contribution is 5.45. The van der Waals surface area contributed by atoms with Crippen LogP contribution in [0.1, 0.15) is 13.3 Å². The molecule has 0 amide bonds. The maximum absolute atomic E-state index is 13.2. The summed E-state index contributed by atoms with van der Waals surface area (Å²) >= 11 is 0. The number of aromatic nitrogens is 1. The Morgan fingerprint density at radius 2 is 2.20 bits per heavy atom. The third-order valence-electron chi connectivity index (χ3n) is 2.01. The van der Waals surface area contributed by atoms with E-state index in [0.717, 1.165) is 0 Å². The van der Waals surface area contributed by atoms with Crippen molar-refractivity contribution in [1.29, 1.82) is 0 Å². The topological polar surface area (TPSA) is 71.2 Å². The van der Waals surface area contributed by atoms with Gasteiger partial charge in [-0.2, -0.15) is 0 Å². The molecular formula is C9H13F2N3O. The summed E-state index contributed by atoms with van der Waals surface area (Å²) < 4.78 is 25.9. The average molecular weight is 217 g/mol. The van der Waals surface area contributed by atoms with Crippen molar-refractivity contribution in [1.82, 2.24) is 4.98 Å². The number of nitrogen functional groups attached to an aromatic ring is 1. The summed E-state index contributed by atoms with van der Waals surface area (Å²) in [5.41, 5.74) is 5.19. The molecule has 1 unspecified atom stereocenters. The minimum atomic E-state index is -0.893. The first kappa shape index (κ1) is 11.6. The molecule has 0 aromatic carbocycles. The van der Waals surface area contributed by atoms with Crippen LogP contribution < -0.4 is 11.1 Å². The monoisotopic (exact) mass is 217 g/mol. The molecule has 15 heavy (non-hydrogen) atoms. The molecule has 0 saturated carbocycles. The Bertz CT molecular complexity index is 342. The second kappa shape index (κ2) is 4.88. The Morgan fingerprint density at radius 3 is 2.73 bits per heavy atom. The molecule has 0 aliphatic rings. The lowest BCUT2D eigenvalue weighted by atomic mass is 10.2. The van der Waals surface area contributed by atoms with E-state index < -0.39 is 11.6 Å². The van der Waals surface area contributed by atoms with Gasteiger partial charge in [0.25, 0.3) is 0 Å². The molecular weight excluding hydrogens is 204 g/mol. The summed E-state index contributed by atoms with van der Waals surface area (Å²) in [4.78, 5) is 3.51. The number of nitrogens with one attached hydrogen (secondary N) is 1. The molecule has 6 heteroatoms. The van der Waals surface area contributed by atoms with Crippen LogP contribution in [0.4, 0.5) is 20.4 Å². The number of aliphatic hydroxyl groups excluding tert-OH is 1. The van der Waals surface area contributed by atoms with Gasteiger partial charge in [-0.1, -0.05) is 6.92 Å². The van der Waals surface area contributed by atoms with Gasteiger partial charge < -0.3 is 16.2 Å². The van der Waals surface area contributed by atoms with Gasteiger partial charge >= 0.3 is 0 Å². The molecule has 1 heterocycles. The maximum Gasteiger partial charge on any atom is 0.168 e. The minimum Gasteiger partial charge on any atom is -0.394 e. The van der Waals surface area contributed by atoms with E-state index in [-0.39, 0.29) is 24.3 Å². The van der Waals surface area contributed by atoms with Crippen molar-refractivity contribution in [3.05, 3.63) is 17.7 Å². The van der Waals surface area contributed by atoms with E-state index in [4.69, 9.17) is 10.8 Å². The van der Waals surface area contributed by atoms with Crippen LogP contribution in [0.25, 0.3) is 0 Å². The van der Waals surface area contributed by atoms with Crippen LogP contribution in [0.15, 0.2) is 6.07 Å². The van der Waals surface area contributed by atoms with Crippen LogP contribution in [0.2, 0.25) is 0 Å². The summed E-state index contributed by atoms with van der Waals surface area (Å²) in [5.74, 6) is -2.23. The van der Waals surface area contributed by atoms with Gasteiger partial charge in [-0.05, 0) is 6.42 Å². The molecule has 0 aliphatic heterocycles. The molecule has 0 fully saturated rings. The summed E-state index contributed by atoms with van der Waals surface area (Å²) in [5, 5.41) is 11.5. The number of halogens is 2. The molecule has 1 aromatic rings. The zero-order valence-electron chi connectivity index (χ0n) is 8.30. The Labute approximate surface area is 86.1 Å². The molecule has 4 nitrogen and oxygen atoms in total. The molecule has 1 atom stereocenters. The highest BCUT2D eigenvalue weighted by atomic mass is 19.1. The van der Waals surface area contributed by atoms with Crippen molar-refractivity contribution in [3.8, 4) is 0 Å². The van der Waals surface area contributed by atoms with Gasteiger partial charge in [-0.3, -0.25) is 0 Å². The van der Waals surface area contributed by atoms with Crippen LogP contribution in [0, 0.1) is 11.6 Å². The number of nitrogens with two attached hydrogens (primary N) is 1. The van der Waals surface area contributed by atoms with Crippen molar-refractivity contribution in [2.24, 2.45) is 0 Å². The predicted octanol–water partition coefficient (Wildman–Crippen LogP) is 1.12. The van der Waals surface area contributed by atoms with Crippen molar-refractivity contribution in [2.75, 3.05) is 17.7 Å². The first-order chi connectivity index (χ1) is 7.08. The van der Waals surface area contributed by atoms with E-state index >= 15 is 0 Å². The van der Waals surface area contributed by atoms with E-state index in [1.807, 2.05) is 6.92 Å². The zero-order valence-corrected chi connectivity index (χ0v) is 8.30. The quantitative estimate of drug-likeness (QED) is 0.706. The molecule has 84 valence electrons. The lowest BCUT2D eigenvalue weighted by Crippen LogP contribution is -2.24. The average Bonchev–Trinajstić information content (AvgIpc) is 2.21. The van der Waals surface area contributed by atoms with Gasteiger partial charge in [0.15, 0.2) is 23.3 Å². The second-order valence-corrected chi connectivity index (χ2v) is 3.12. The lowest BCUT2D eigenvalue weighted by Gasteiger charge is -2.15. The second-order valence-electron chi connectivity index (χ2n) is 3.12. The minimum absolute atomic E-state index is 0.144. The van der Waals surface area contributed by atoms with Crippen LogP contribution in [0.3, 0.4) is 0 Å². The lowest BCUT2D eigenvalue weighted by molar-refractivity contribution is 0.271. The summed E-state index contributed by atoms with van der Waals surface area (Å²) in [6, 6.07) is 0.339. The van der Waals surface area contributed by atoms with E-state index in [1.165, 1.54) is 0 Å². The Hall–Kier alpha value is -1.43. The molecule has 0 bridgehead atoms. The third kappa shape index (κ3) is 2.76. The summed E-state index contributed by atoms with van der Waals surface area (Å²) in [6.45, 7) is 1.66. The zero-order chi connectivity index (χ0) is 11.4. The van der Waals surface area contributed by atoms with Crippen molar-refractivity contribution < 1.29 is 13.9 Å². The smallest absolute Gasteiger partial charge is 0.168 e. The Morgan fingerprint density at radius 1 is 1.53 bits per heavy atom. The first-order valence-electron chi connectivity index (χ1n) is 4.57. The van der Waals surface area contributed by atoms with Crippen LogP contribution in [0.5, 0.6) is 0 Å². The van der Waals surface area contributed by atoms with Crippen LogP contribution in [-0.4, -0.2) is 22.7 Å². The highest BCUT2D eigenvalue weighted by Crippen LogP contribution is 2.17.